The monoisotopic (exact) mass is 247 g/mol. The van der Waals surface area contributed by atoms with Gasteiger partial charge in [0.05, 0.1) is 5.71 Å². The summed E-state index contributed by atoms with van der Waals surface area (Å²) in [6.07, 6.45) is 10.8. The molecular formula is C16H25NO. The first-order valence-corrected chi connectivity index (χ1v) is 6.59. The van der Waals surface area contributed by atoms with E-state index in [-0.39, 0.29) is 0 Å². The summed E-state index contributed by atoms with van der Waals surface area (Å²) in [5.74, 6) is 0.496. The second-order valence-corrected chi connectivity index (χ2v) is 5.63. The van der Waals surface area contributed by atoms with Gasteiger partial charge in [0, 0.05) is 5.92 Å². The maximum Gasteiger partial charge on any atom is 0.135 e. The van der Waals surface area contributed by atoms with Crippen LogP contribution >= 0.6 is 0 Å². The van der Waals surface area contributed by atoms with Gasteiger partial charge in [-0.2, -0.15) is 0 Å². The summed E-state index contributed by atoms with van der Waals surface area (Å²) < 4.78 is 0. The molecule has 0 aliphatic heterocycles. The summed E-state index contributed by atoms with van der Waals surface area (Å²) >= 11 is 0. The Bertz CT molecular complexity index is 375. The van der Waals surface area contributed by atoms with Crippen LogP contribution in [-0.4, -0.2) is 12.3 Å². The standard InChI is InChI=1S/C16H25NO/c1-6-12-18-17-14(3)9-10-15-13(2)8-7-11-16(15,4)5/h6,8-10,15H,1,7,11-12H2,2-5H3/b10-9+,17-14-. The number of allylic oxidation sites excluding steroid dienone is 4. The molecule has 2 nitrogen and oxygen atoms in total. The van der Waals surface area contributed by atoms with Crippen molar-refractivity contribution in [3.8, 4) is 0 Å². The fourth-order valence-corrected chi connectivity index (χ4v) is 2.44. The molecule has 0 N–H and O–H groups in total. The maximum atomic E-state index is 5.07. The van der Waals surface area contributed by atoms with Crippen molar-refractivity contribution >= 4 is 5.71 Å². The van der Waals surface area contributed by atoms with E-state index in [0.717, 1.165) is 5.71 Å². The fraction of sp³-hybridized carbons (Fsp3) is 0.562. The van der Waals surface area contributed by atoms with Crippen molar-refractivity contribution in [1.29, 1.82) is 0 Å². The van der Waals surface area contributed by atoms with Crippen LogP contribution < -0.4 is 0 Å². The minimum Gasteiger partial charge on any atom is -0.391 e. The first-order valence-electron chi connectivity index (χ1n) is 6.59. The van der Waals surface area contributed by atoms with E-state index in [9.17, 15) is 0 Å². The van der Waals surface area contributed by atoms with Crippen molar-refractivity contribution in [1.82, 2.24) is 0 Å². The minimum atomic E-state index is 0.331. The van der Waals surface area contributed by atoms with Gasteiger partial charge >= 0.3 is 0 Å². The van der Waals surface area contributed by atoms with Crippen molar-refractivity contribution < 1.29 is 4.84 Å². The first kappa shape index (κ1) is 14.7. The Balaban J connectivity index is 2.69. The second kappa shape index (κ2) is 6.58. The molecule has 0 heterocycles. The molecule has 0 saturated carbocycles. The third-order valence-electron chi connectivity index (χ3n) is 3.52. The Kier molecular flexibility index (Phi) is 5.39. The number of hydrogen-bond acceptors (Lipinski definition) is 2. The fourth-order valence-electron chi connectivity index (χ4n) is 2.44. The molecule has 0 radical (unpaired) electrons. The molecule has 1 unspecified atom stereocenters. The lowest BCUT2D eigenvalue weighted by Crippen LogP contribution is -2.26. The van der Waals surface area contributed by atoms with Crippen LogP contribution in [0.25, 0.3) is 0 Å². The molecule has 0 bridgehead atoms. The molecule has 0 aromatic carbocycles. The van der Waals surface area contributed by atoms with Crippen LogP contribution in [0.5, 0.6) is 0 Å². The summed E-state index contributed by atoms with van der Waals surface area (Å²) in [5.41, 5.74) is 2.69. The summed E-state index contributed by atoms with van der Waals surface area (Å²) in [5, 5.41) is 4.01. The van der Waals surface area contributed by atoms with Crippen LogP contribution in [-0.2, 0) is 4.84 Å². The lowest BCUT2D eigenvalue weighted by molar-refractivity contribution is 0.175. The van der Waals surface area contributed by atoms with Crippen LogP contribution in [0.2, 0.25) is 0 Å². The molecule has 0 aromatic heterocycles. The van der Waals surface area contributed by atoms with Crippen LogP contribution in [0.4, 0.5) is 0 Å². The molecule has 0 aromatic rings. The van der Waals surface area contributed by atoms with E-state index in [1.165, 1.54) is 18.4 Å². The Morgan fingerprint density at radius 2 is 2.33 bits per heavy atom. The van der Waals surface area contributed by atoms with Crippen molar-refractivity contribution in [2.75, 3.05) is 6.61 Å². The highest BCUT2D eigenvalue weighted by atomic mass is 16.6. The largest absolute Gasteiger partial charge is 0.391 e. The Hall–Kier alpha value is -1.31. The number of rotatable bonds is 5. The average molecular weight is 247 g/mol. The van der Waals surface area contributed by atoms with Gasteiger partial charge in [-0.3, -0.25) is 0 Å². The summed E-state index contributed by atoms with van der Waals surface area (Å²) in [6.45, 7) is 12.9. The number of hydrogen-bond donors (Lipinski definition) is 0. The topological polar surface area (TPSA) is 21.6 Å². The van der Waals surface area contributed by atoms with Crippen LogP contribution in [0.3, 0.4) is 0 Å². The van der Waals surface area contributed by atoms with Crippen molar-refractivity contribution in [3.05, 3.63) is 36.5 Å². The molecule has 0 fully saturated rings. The van der Waals surface area contributed by atoms with Crippen LogP contribution in [0.15, 0.2) is 41.6 Å². The molecule has 1 aliphatic carbocycles. The summed E-state index contributed by atoms with van der Waals surface area (Å²) in [4.78, 5) is 5.07. The molecule has 1 atom stereocenters. The van der Waals surface area contributed by atoms with E-state index in [1.54, 1.807) is 6.08 Å². The van der Waals surface area contributed by atoms with E-state index >= 15 is 0 Å². The first-order chi connectivity index (χ1) is 8.47. The van der Waals surface area contributed by atoms with E-state index in [0.29, 0.717) is 17.9 Å². The van der Waals surface area contributed by atoms with Gasteiger partial charge in [-0.15, -0.1) is 0 Å². The predicted octanol–water partition coefficient (Wildman–Crippen LogP) is 4.50. The van der Waals surface area contributed by atoms with Gasteiger partial charge in [-0.05, 0) is 38.2 Å². The van der Waals surface area contributed by atoms with E-state index in [2.05, 4.69) is 50.7 Å². The normalized spacial score (nSPS) is 23.9. The van der Waals surface area contributed by atoms with Gasteiger partial charge in [0.25, 0.3) is 0 Å². The zero-order chi connectivity index (χ0) is 13.6. The third kappa shape index (κ3) is 4.17. The van der Waals surface area contributed by atoms with E-state index in [4.69, 9.17) is 4.84 Å². The zero-order valence-corrected chi connectivity index (χ0v) is 12.1. The Morgan fingerprint density at radius 3 is 2.94 bits per heavy atom. The third-order valence-corrected chi connectivity index (χ3v) is 3.52. The zero-order valence-electron chi connectivity index (χ0n) is 12.1. The molecule has 18 heavy (non-hydrogen) atoms. The second-order valence-electron chi connectivity index (χ2n) is 5.63. The number of oxime groups is 1. The SMILES string of the molecule is C=CCO/N=C(C)\C=C\C1C(C)=CCCC1(C)C. The van der Waals surface area contributed by atoms with Gasteiger partial charge in [-0.25, -0.2) is 0 Å². The van der Waals surface area contributed by atoms with E-state index < -0.39 is 0 Å². The molecule has 100 valence electrons. The minimum absolute atomic E-state index is 0.331. The highest BCUT2D eigenvalue weighted by Gasteiger charge is 2.30. The predicted molar refractivity (Wildman–Crippen MR) is 78.7 cm³/mol. The Labute approximate surface area is 111 Å². The summed E-state index contributed by atoms with van der Waals surface area (Å²) in [6, 6.07) is 0. The summed E-state index contributed by atoms with van der Waals surface area (Å²) in [7, 11) is 0. The smallest absolute Gasteiger partial charge is 0.135 e. The van der Waals surface area contributed by atoms with Gasteiger partial charge in [0.2, 0.25) is 0 Å². The van der Waals surface area contributed by atoms with Crippen molar-refractivity contribution in [2.45, 2.75) is 40.5 Å². The van der Waals surface area contributed by atoms with Crippen molar-refractivity contribution in [2.24, 2.45) is 16.5 Å². The van der Waals surface area contributed by atoms with Crippen LogP contribution in [0.1, 0.15) is 40.5 Å². The quantitative estimate of drug-likeness (QED) is 0.303. The van der Waals surface area contributed by atoms with Crippen LogP contribution in [0, 0.1) is 11.3 Å². The maximum absolute atomic E-state index is 5.07. The van der Waals surface area contributed by atoms with Crippen molar-refractivity contribution in [3.63, 3.8) is 0 Å². The highest BCUT2D eigenvalue weighted by molar-refractivity contribution is 5.92. The number of nitrogens with zero attached hydrogens (tertiary/aromatic N) is 1. The molecule has 2 heteroatoms. The molecule has 0 amide bonds. The van der Waals surface area contributed by atoms with E-state index in [1.807, 2.05) is 6.92 Å². The van der Waals surface area contributed by atoms with Gasteiger partial charge in [0.1, 0.15) is 6.61 Å². The molecule has 1 aliphatic rings. The van der Waals surface area contributed by atoms with Gasteiger partial charge in [-0.1, -0.05) is 49.4 Å². The molecule has 0 saturated heterocycles. The lowest BCUT2D eigenvalue weighted by atomic mass is 9.68. The highest BCUT2D eigenvalue weighted by Crippen LogP contribution is 2.41. The Morgan fingerprint density at radius 1 is 1.61 bits per heavy atom. The molecule has 1 rings (SSSR count). The average Bonchev–Trinajstić information content (AvgIpc) is 2.28. The van der Waals surface area contributed by atoms with Gasteiger partial charge in [0.15, 0.2) is 0 Å². The molecular weight excluding hydrogens is 222 g/mol. The molecule has 0 spiro atoms. The van der Waals surface area contributed by atoms with Gasteiger partial charge < -0.3 is 4.84 Å². The lowest BCUT2D eigenvalue weighted by Gasteiger charge is -2.36.